The number of hydrogen-bond acceptors (Lipinski definition) is 4. The molecule has 1 aliphatic carbocycles. The molecule has 1 aromatic heterocycles. The number of H-pyrrole nitrogens is 1. The van der Waals surface area contributed by atoms with Crippen molar-refractivity contribution in [2.75, 3.05) is 7.05 Å². The average molecular weight is 320 g/mol. The number of rotatable bonds is 3. The average Bonchev–Trinajstić information content (AvgIpc) is 3.13. The molecule has 0 spiro atoms. The van der Waals surface area contributed by atoms with E-state index >= 15 is 0 Å². The lowest BCUT2D eigenvalue weighted by Gasteiger charge is -2.29. The summed E-state index contributed by atoms with van der Waals surface area (Å²) in [6, 6.07) is 0. The third-order valence-electron chi connectivity index (χ3n) is 4.92. The van der Waals surface area contributed by atoms with Gasteiger partial charge in [0, 0.05) is 19.0 Å². The summed E-state index contributed by atoms with van der Waals surface area (Å²) in [7, 11) is 1.60. The number of carbonyl (C=O) groups excluding carboxylic acids is 2. The third kappa shape index (κ3) is 2.73. The number of aromatic nitrogens is 2. The molecule has 2 atom stereocenters. The molecule has 0 radical (unpaired) electrons. The van der Waals surface area contributed by atoms with Crippen LogP contribution in [0.1, 0.15) is 67.4 Å². The molecule has 3 rings (SSSR count). The number of hydrogen-bond donors (Lipinski definition) is 3. The third-order valence-corrected chi connectivity index (χ3v) is 4.92. The van der Waals surface area contributed by atoms with E-state index in [1.165, 1.54) is 0 Å². The number of carbonyl (C=O) groups is 2. The first-order chi connectivity index (χ1) is 11.0. The van der Waals surface area contributed by atoms with Crippen molar-refractivity contribution in [3.63, 3.8) is 0 Å². The van der Waals surface area contributed by atoms with Crippen molar-refractivity contribution in [3.05, 3.63) is 17.0 Å². The highest BCUT2D eigenvalue weighted by atomic mass is 16.5. The van der Waals surface area contributed by atoms with Gasteiger partial charge in [0.25, 0.3) is 5.91 Å². The van der Waals surface area contributed by atoms with Gasteiger partial charge in [-0.3, -0.25) is 14.7 Å². The maximum Gasteiger partial charge on any atom is 0.272 e. The van der Waals surface area contributed by atoms with Crippen molar-refractivity contribution >= 4 is 11.8 Å². The number of nitrogens with one attached hydrogen (secondary N) is 3. The molecule has 126 valence electrons. The van der Waals surface area contributed by atoms with Crippen LogP contribution in [0.2, 0.25) is 0 Å². The molecule has 0 unspecified atom stereocenters. The molecular weight excluding hydrogens is 296 g/mol. The largest absolute Gasteiger partial charge is 0.369 e. The second kappa shape index (κ2) is 5.96. The van der Waals surface area contributed by atoms with E-state index in [4.69, 9.17) is 4.74 Å². The van der Waals surface area contributed by atoms with Crippen LogP contribution in [-0.2, 0) is 16.0 Å². The van der Waals surface area contributed by atoms with E-state index in [0.29, 0.717) is 25.0 Å². The van der Waals surface area contributed by atoms with E-state index in [9.17, 15) is 9.59 Å². The minimum atomic E-state index is -0.805. The van der Waals surface area contributed by atoms with Crippen LogP contribution >= 0.6 is 0 Å². The lowest BCUT2D eigenvalue weighted by Crippen LogP contribution is -2.56. The summed E-state index contributed by atoms with van der Waals surface area (Å²) in [5.74, 6) is -0.410. The quantitative estimate of drug-likeness (QED) is 0.780. The Hall–Kier alpha value is -1.89. The number of aromatic amines is 1. The fraction of sp³-hybridized carbons (Fsp3) is 0.688. The molecule has 2 heterocycles. The highest BCUT2D eigenvalue weighted by Gasteiger charge is 2.43. The van der Waals surface area contributed by atoms with Gasteiger partial charge in [-0.1, -0.05) is 12.8 Å². The molecule has 1 saturated carbocycles. The summed E-state index contributed by atoms with van der Waals surface area (Å²) in [5, 5.41) is 12.7. The SMILES string of the molecule is CNC(=O)C1(NC(=O)c2n[nH]c3c2C[C@H](C)O[C@@H]3C)CCCC1. The van der Waals surface area contributed by atoms with Crippen LogP contribution < -0.4 is 10.6 Å². The van der Waals surface area contributed by atoms with Crippen LogP contribution in [0.25, 0.3) is 0 Å². The predicted molar refractivity (Wildman–Crippen MR) is 84.0 cm³/mol. The molecule has 3 N–H and O–H groups in total. The Labute approximate surface area is 135 Å². The minimum absolute atomic E-state index is 0.0426. The Morgan fingerprint density at radius 1 is 1.30 bits per heavy atom. The Morgan fingerprint density at radius 3 is 2.65 bits per heavy atom. The van der Waals surface area contributed by atoms with E-state index in [1.807, 2.05) is 13.8 Å². The molecule has 1 fully saturated rings. The van der Waals surface area contributed by atoms with Gasteiger partial charge < -0.3 is 15.4 Å². The van der Waals surface area contributed by atoms with Crippen LogP contribution in [0.3, 0.4) is 0 Å². The minimum Gasteiger partial charge on any atom is -0.369 e. The summed E-state index contributed by atoms with van der Waals surface area (Å²) in [4.78, 5) is 25.0. The van der Waals surface area contributed by atoms with E-state index in [1.54, 1.807) is 7.05 Å². The van der Waals surface area contributed by atoms with E-state index in [-0.39, 0.29) is 24.0 Å². The van der Waals surface area contributed by atoms with Crippen molar-refractivity contribution in [1.82, 2.24) is 20.8 Å². The van der Waals surface area contributed by atoms with Gasteiger partial charge in [-0.15, -0.1) is 0 Å². The molecule has 23 heavy (non-hydrogen) atoms. The van der Waals surface area contributed by atoms with Gasteiger partial charge in [0.1, 0.15) is 5.54 Å². The summed E-state index contributed by atoms with van der Waals surface area (Å²) in [6.07, 6.45) is 3.79. The predicted octanol–water partition coefficient (Wildman–Crippen LogP) is 1.22. The van der Waals surface area contributed by atoms with Crippen LogP contribution in [0.4, 0.5) is 0 Å². The van der Waals surface area contributed by atoms with Crippen molar-refractivity contribution < 1.29 is 14.3 Å². The van der Waals surface area contributed by atoms with Gasteiger partial charge >= 0.3 is 0 Å². The van der Waals surface area contributed by atoms with E-state index in [0.717, 1.165) is 24.1 Å². The lowest BCUT2D eigenvalue weighted by atomic mass is 9.95. The van der Waals surface area contributed by atoms with Crippen molar-refractivity contribution in [1.29, 1.82) is 0 Å². The fourth-order valence-electron chi connectivity index (χ4n) is 3.76. The number of nitrogens with zero attached hydrogens (tertiary/aromatic N) is 1. The molecule has 0 saturated heterocycles. The zero-order valence-corrected chi connectivity index (χ0v) is 13.9. The normalized spacial score (nSPS) is 25.7. The van der Waals surface area contributed by atoms with Gasteiger partial charge in [0.2, 0.25) is 5.91 Å². The lowest BCUT2D eigenvalue weighted by molar-refractivity contribution is -0.126. The maximum absolute atomic E-state index is 12.8. The van der Waals surface area contributed by atoms with Gasteiger partial charge in [-0.2, -0.15) is 5.10 Å². The Morgan fingerprint density at radius 2 is 2.00 bits per heavy atom. The summed E-state index contributed by atoms with van der Waals surface area (Å²) < 4.78 is 5.75. The Kier molecular flexibility index (Phi) is 4.14. The molecule has 2 amide bonds. The van der Waals surface area contributed by atoms with Gasteiger partial charge in [-0.05, 0) is 26.7 Å². The first-order valence-electron chi connectivity index (χ1n) is 8.24. The number of likely N-dealkylation sites (N-methyl/N-ethyl adjacent to an activating group) is 1. The van der Waals surface area contributed by atoms with Gasteiger partial charge in [0.05, 0.1) is 17.9 Å². The van der Waals surface area contributed by atoms with E-state index < -0.39 is 5.54 Å². The number of ether oxygens (including phenoxy) is 1. The molecular formula is C16H24N4O3. The van der Waals surface area contributed by atoms with Crippen LogP contribution in [-0.4, -0.2) is 40.7 Å². The standard InChI is InChI=1S/C16H24N4O3/c1-9-8-11-12(10(2)23-9)19-20-13(11)14(21)18-16(15(22)17-3)6-4-5-7-16/h9-10H,4-8H2,1-3H3,(H,17,22)(H,18,21)(H,19,20)/t9-,10+/m0/s1. The second-order valence-electron chi connectivity index (χ2n) is 6.58. The first-order valence-corrected chi connectivity index (χ1v) is 8.24. The molecule has 1 aliphatic heterocycles. The Balaban J connectivity index is 1.85. The van der Waals surface area contributed by atoms with Crippen molar-refractivity contribution in [2.24, 2.45) is 0 Å². The highest BCUT2D eigenvalue weighted by molar-refractivity contribution is 5.99. The molecule has 7 heteroatoms. The molecule has 0 aromatic carbocycles. The monoisotopic (exact) mass is 320 g/mol. The molecule has 7 nitrogen and oxygen atoms in total. The zero-order valence-electron chi connectivity index (χ0n) is 13.9. The van der Waals surface area contributed by atoms with Crippen molar-refractivity contribution in [2.45, 2.75) is 63.7 Å². The molecule has 1 aromatic rings. The van der Waals surface area contributed by atoms with E-state index in [2.05, 4.69) is 20.8 Å². The summed E-state index contributed by atoms with van der Waals surface area (Å²) in [6.45, 7) is 3.93. The number of amides is 2. The van der Waals surface area contributed by atoms with Gasteiger partial charge in [-0.25, -0.2) is 0 Å². The zero-order chi connectivity index (χ0) is 16.6. The molecule has 2 aliphatic rings. The van der Waals surface area contributed by atoms with Crippen LogP contribution in [0.15, 0.2) is 0 Å². The fourth-order valence-corrected chi connectivity index (χ4v) is 3.76. The van der Waals surface area contributed by atoms with Crippen molar-refractivity contribution in [3.8, 4) is 0 Å². The van der Waals surface area contributed by atoms with Gasteiger partial charge in [0.15, 0.2) is 5.69 Å². The van der Waals surface area contributed by atoms with Crippen LogP contribution in [0.5, 0.6) is 0 Å². The first kappa shape index (κ1) is 16.0. The summed E-state index contributed by atoms with van der Waals surface area (Å²) in [5.41, 5.74) is 1.34. The van der Waals surface area contributed by atoms with Crippen LogP contribution in [0, 0.1) is 0 Å². The molecule has 0 bridgehead atoms. The highest BCUT2D eigenvalue weighted by Crippen LogP contribution is 2.32. The number of fused-ring (bicyclic) bond motifs is 1. The second-order valence-corrected chi connectivity index (χ2v) is 6.58. The smallest absolute Gasteiger partial charge is 0.272 e. The summed E-state index contributed by atoms with van der Waals surface area (Å²) >= 11 is 0. The topological polar surface area (TPSA) is 96.1 Å². The maximum atomic E-state index is 12.8. The Bertz CT molecular complexity index is 619.